The number of imidazole rings is 1. The molecule has 32 heavy (non-hydrogen) atoms. The van der Waals surface area contributed by atoms with Gasteiger partial charge in [0.1, 0.15) is 23.1 Å². The van der Waals surface area contributed by atoms with Crippen molar-refractivity contribution in [2.24, 2.45) is 7.05 Å². The number of ether oxygens (including phenoxy) is 3. The number of carbonyl (C=O) groups excluding carboxylic acids is 1. The van der Waals surface area contributed by atoms with Gasteiger partial charge in [0.25, 0.3) is 0 Å². The molecule has 4 aromatic rings. The molecule has 0 aliphatic heterocycles. The van der Waals surface area contributed by atoms with Crippen LogP contribution in [-0.4, -0.2) is 29.2 Å². The van der Waals surface area contributed by atoms with Gasteiger partial charge in [-0.25, -0.2) is 9.78 Å². The lowest BCUT2D eigenvalue weighted by atomic mass is 10.1. The van der Waals surface area contributed by atoms with E-state index >= 15 is 0 Å². The molecule has 0 saturated carbocycles. The molecular formula is C26H24N2O4. The van der Waals surface area contributed by atoms with E-state index in [-0.39, 0.29) is 0 Å². The second kappa shape index (κ2) is 9.39. The first-order valence-corrected chi connectivity index (χ1v) is 10.3. The molecule has 4 rings (SSSR count). The first-order chi connectivity index (χ1) is 15.6. The second-order valence-electron chi connectivity index (χ2n) is 7.10. The Morgan fingerprint density at radius 1 is 0.938 bits per heavy atom. The van der Waals surface area contributed by atoms with Crippen LogP contribution >= 0.6 is 0 Å². The van der Waals surface area contributed by atoms with Gasteiger partial charge in [-0.15, -0.1) is 0 Å². The number of fused-ring (bicyclic) bond motifs is 1. The molecule has 1 heterocycles. The smallest absolute Gasteiger partial charge is 0.343 e. The minimum atomic E-state index is -0.464. The molecule has 162 valence electrons. The molecule has 6 heteroatoms. The molecule has 0 fully saturated rings. The van der Waals surface area contributed by atoms with Crippen LogP contribution in [0.15, 0.2) is 72.8 Å². The standard InChI is InChI=1S/C26H24N2O4/c1-4-31-21-15-11-19(12-16-21)26(29)32-24(18-9-13-20(30-3)14-10-18)17-25-27-22-7-5-6-8-23(22)28(25)2/h5-17H,4H2,1-3H3. The van der Waals surface area contributed by atoms with E-state index in [0.29, 0.717) is 35.3 Å². The van der Waals surface area contributed by atoms with Crippen molar-refractivity contribution in [3.05, 3.63) is 89.7 Å². The highest BCUT2D eigenvalue weighted by Crippen LogP contribution is 2.25. The molecule has 6 nitrogen and oxygen atoms in total. The Labute approximate surface area is 186 Å². The predicted octanol–water partition coefficient (Wildman–Crippen LogP) is 5.34. The summed E-state index contributed by atoms with van der Waals surface area (Å²) in [4.78, 5) is 17.6. The zero-order chi connectivity index (χ0) is 22.5. The maximum Gasteiger partial charge on any atom is 0.343 e. The van der Waals surface area contributed by atoms with Gasteiger partial charge in [-0.1, -0.05) is 12.1 Å². The zero-order valence-corrected chi connectivity index (χ0v) is 18.2. The molecule has 0 spiro atoms. The number of methoxy groups -OCH3 is 1. The molecule has 0 N–H and O–H groups in total. The Kier molecular flexibility index (Phi) is 6.22. The van der Waals surface area contributed by atoms with Crippen molar-refractivity contribution in [3.63, 3.8) is 0 Å². The molecule has 0 amide bonds. The fourth-order valence-electron chi connectivity index (χ4n) is 3.35. The van der Waals surface area contributed by atoms with Crippen LogP contribution in [0, 0.1) is 0 Å². The van der Waals surface area contributed by atoms with Crippen LogP contribution in [0.2, 0.25) is 0 Å². The lowest BCUT2D eigenvalue weighted by molar-refractivity contribution is 0.0693. The Morgan fingerprint density at radius 3 is 2.25 bits per heavy atom. The van der Waals surface area contributed by atoms with Gasteiger partial charge in [-0.2, -0.15) is 0 Å². The Bertz CT molecular complexity index is 1260. The average Bonchev–Trinajstić information content (AvgIpc) is 3.14. The number of nitrogens with zero attached hydrogens (tertiary/aromatic N) is 2. The summed E-state index contributed by atoms with van der Waals surface area (Å²) in [7, 11) is 3.54. The van der Waals surface area contributed by atoms with E-state index in [9.17, 15) is 4.79 Å². The zero-order valence-electron chi connectivity index (χ0n) is 18.2. The van der Waals surface area contributed by atoms with Crippen LogP contribution in [0.25, 0.3) is 22.9 Å². The SMILES string of the molecule is CCOc1ccc(C(=O)OC(=Cc2nc3ccccc3n2C)c2ccc(OC)cc2)cc1. The number of esters is 1. The lowest BCUT2D eigenvalue weighted by Gasteiger charge is -2.11. The van der Waals surface area contributed by atoms with Crippen molar-refractivity contribution in [1.82, 2.24) is 9.55 Å². The monoisotopic (exact) mass is 428 g/mol. The predicted molar refractivity (Wildman–Crippen MR) is 125 cm³/mol. The van der Waals surface area contributed by atoms with Crippen molar-refractivity contribution in [1.29, 1.82) is 0 Å². The number of hydrogen-bond donors (Lipinski definition) is 0. The minimum Gasteiger partial charge on any atom is -0.497 e. The fourth-order valence-corrected chi connectivity index (χ4v) is 3.35. The van der Waals surface area contributed by atoms with Crippen molar-refractivity contribution in [2.75, 3.05) is 13.7 Å². The van der Waals surface area contributed by atoms with Crippen molar-refractivity contribution in [3.8, 4) is 11.5 Å². The summed E-state index contributed by atoms with van der Waals surface area (Å²) >= 11 is 0. The molecule has 0 aliphatic carbocycles. The van der Waals surface area contributed by atoms with Crippen molar-refractivity contribution in [2.45, 2.75) is 6.92 Å². The summed E-state index contributed by atoms with van der Waals surface area (Å²) < 4.78 is 18.5. The average molecular weight is 428 g/mol. The van der Waals surface area contributed by atoms with E-state index in [0.717, 1.165) is 16.6 Å². The van der Waals surface area contributed by atoms with Crippen LogP contribution < -0.4 is 9.47 Å². The fraction of sp³-hybridized carbons (Fsp3) is 0.154. The van der Waals surface area contributed by atoms with Gasteiger partial charge in [-0.3, -0.25) is 0 Å². The Balaban J connectivity index is 1.70. The largest absolute Gasteiger partial charge is 0.497 e. The number of aryl methyl sites for hydroxylation is 1. The van der Waals surface area contributed by atoms with Crippen molar-refractivity contribution >= 4 is 28.8 Å². The van der Waals surface area contributed by atoms with E-state index in [1.54, 1.807) is 37.5 Å². The summed E-state index contributed by atoms with van der Waals surface area (Å²) in [6, 6.07) is 22.1. The normalized spacial score (nSPS) is 11.4. The third-order valence-electron chi connectivity index (χ3n) is 5.06. The summed E-state index contributed by atoms with van der Waals surface area (Å²) in [5.41, 5.74) is 3.02. The highest BCUT2D eigenvalue weighted by molar-refractivity contribution is 5.95. The number of hydrogen-bond acceptors (Lipinski definition) is 5. The molecule has 0 radical (unpaired) electrons. The molecule has 0 unspecified atom stereocenters. The summed E-state index contributed by atoms with van der Waals surface area (Å²) in [6.07, 6.45) is 1.77. The highest BCUT2D eigenvalue weighted by Gasteiger charge is 2.15. The van der Waals surface area contributed by atoms with Gasteiger partial charge in [0, 0.05) is 18.7 Å². The topological polar surface area (TPSA) is 62.6 Å². The summed E-state index contributed by atoms with van der Waals surface area (Å²) in [5, 5.41) is 0. The van der Waals surface area contributed by atoms with Gasteiger partial charge in [0.15, 0.2) is 0 Å². The van der Waals surface area contributed by atoms with E-state index < -0.39 is 5.97 Å². The summed E-state index contributed by atoms with van der Waals surface area (Å²) in [6.45, 7) is 2.47. The second-order valence-corrected chi connectivity index (χ2v) is 7.10. The van der Waals surface area contributed by atoms with Gasteiger partial charge < -0.3 is 18.8 Å². The number of para-hydroxylation sites is 2. The molecule has 0 bridgehead atoms. The first-order valence-electron chi connectivity index (χ1n) is 10.3. The molecule has 0 atom stereocenters. The van der Waals surface area contributed by atoms with Crippen LogP contribution in [0.4, 0.5) is 0 Å². The van der Waals surface area contributed by atoms with Crippen LogP contribution in [-0.2, 0) is 11.8 Å². The Hall–Kier alpha value is -4.06. The maximum absolute atomic E-state index is 12.9. The van der Waals surface area contributed by atoms with Gasteiger partial charge in [0.05, 0.1) is 30.3 Å². The lowest BCUT2D eigenvalue weighted by Crippen LogP contribution is -2.05. The number of carbonyl (C=O) groups is 1. The molecular weight excluding hydrogens is 404 g/mol. The van der Waals surface area contributed by atoms with Crippen LogP contribution in [0.5, 0.6) is 11.5 Å². The number of benzene rings is 3. The number of aromatic nitrogens is 2. The van der Waals surface area contributed by atoms with Crippen molar-refractivity contribution < 1.29 is 19.0 Å². The first kappa shape index (κ1) is 21.2. The molecule has 0 saturated heterocycles. The van der Waals surface area contributed by atoms with Crippen LogP contribution in [0.1, 0.15) is 28.7 Å². The van der Waals surface area contributed by atoms with Gasteiger partial charge in [-0.05, 0) is 67.6 Å². The Morgan fingerprint density at radius 2 is 1.59 bits per heavy atom. The summed E-state index contributed by atoms with van der Waals surface area (Å²) in [5.74, 6) is 2.03. The number of rotatable bonds is 7. The van der Waals surface area contributed by atoms with Gasteiger partial charge >= 0.3 is 5.97 Å². The van der Waals surface area contributed by atoms with E-state index in [1.165, 1.54) is 0 Å². The van der Waals surface area contributed by atoms with E-state index in [4.69, 9.17) is 14.2 Å². The van der Waals surface area contributed by atoms with Crippen LogP contribution in [0.3, 0.4) is 0 Å². The molecule has 0 aliphatic rings. The third kappa shape index (κ3) is 4.49. The molecule has 3 aromatic carbocycles. The maximum atomic E-state index is 12.9. The third-order valence-corrected chi connectivity index (χ3v) is 5.06. The quantitative estimate of drug-likeness (QED) is 0.294. The highest BCUT2D eigenvalue weighted by atomic mass is 16.5. The minimum absolute atomic E-state index is 0.393. The van der Waals surface area contributed by atoms with E-state index in [1.807, 2.05) is 67.1 Å². The van der Waals surface area contributed by atoms with Gasteiger partial charge in [0.2, 0.25) is 0 Å². The molecule has 1 aromatic heterocycles. The van der Waals surface area contributed by atoms with E-state index in [2.05, 4.69) is 4.98 Å².